The largest absolute Gasteiger partial charge is 0.493 e. The molecular weight excluding hydrogens is 378 g/mol. The van der Waals surface area contributed by atoms with Gasteiger partial charge in [-0.15, -0.1) is 0 Å². The van der Waals surface area contributed by atoms with Crippen molar-refractivity contribution in [1.29, 1.82) is 0 Å². The van der Waals surface area contributed by atoms with Crippen LogP contribution in [0.15, 0.2) is 28.9 Å². The second kappa shape index (κ2) is 9.00. The van der Waals surface area contributed by atoms with Crippen molar-refractivity contribution in [2.75, 3.05) is 40.5 Å². The highest BCUT2D eigenvalue weighted by atomic mass is 16.6. The van der Waals surface area contributed by atoms with Crippen LogP contribution in [0.25, 0.3) is 0 Å². The molecule has 2 heterocycles. The van der Waals surface area contributed by atoms with Crippen LogP contribution in [0.5, 0.6) is 17.2 Å². The Balaban J connectivity index is 1.73. The van der Waals surface area contributed by atoms with Crippen LogP contribution in [-0.2, 0) is 4.74 Å². The Morgan fingerprint density at radius 1 is 1.17 bits per heavy atom. The van der Waals surface area contributed by atoms with Crippen LogP contribution >= 0.6 is 0 Å². The molecule has 0 spiro atoms. The Kier molecular flexibility index (Phi) is 6.43. The highest BCUT2D eigenvalue weighted by molar-refractivity contribution is 5.98. The van der Waals surface area contributed by atoms with Gasteiger partial charge in [0.15, 0.2) is 23.0 Å². The predicted octanol–water partition coefficient (Wildman–Crippen LogP) is 2.73. The molecule has 1 saturated heterocycles. The standard InChI is InChI=1S/C21H25NO7/c1-13-7-9-28-18(13)21(24)22-8-10-27-15(11-22)12-29-19-16(14(2)23)5-6-17(25-3)20(19)26-4/h5-7,9,15H,8,10-12H2,1-4H3. The van der Waals surface area contributed by atoms with E-state index in [0.717, 1.165) is 5.56 Å². The van der Waals surface area contributed by atoms with Gasteiger partial charge in [-0.2, -0.15) is 0 Å². The zero-order valence-corrected chi connectivity index (χ0v) is 17.0. The number of carbonyl (C=O) groups is 2. The average Bonchev–Trinajstić information content (AvgIpc) is 3.16. The van der Waals surface area contributed by atoms with E-state index < -0.39 is 0 Å². The summed E-state index contributed by atoms with van der Waals surface area (Å²) in [7, 11) is 3.00. The molecule has 29 heavy (non-hydrogen) atoms. The number of ether oxygens (including phenoxy) is 4. The summed E-state index contributed by atoms with van der Waals surface area (Å²) in [5.41, 5.74) is 1.18. The molecular formula is C21H25NO7. The molecule has 1 aromatic carbocycles. The first kappa shape index (κ1) is 20.7. The number of benzene rings is 1. The predicted molar refractivity (Wildman–Crippen MR) is 104 cm³/mol. The molecule has 0 saturated carbocycles. The number of rotatable bonds is 7. The van der Waals surface area contributed by atoms with E-state index >= 15 is 0 Å². The van der Waals surface area contributed by atoms with Crippen molar-refractivity contribution in [1.82, 2.24) is 4.90 Å². The van der Waals surface area contributed by atoms with Crippen LogP contribution in [-0.4, -0.2) is 63.2 Å². The number of hydrogen-bond donors (Lipinski definition) is 0. The van der Waals surface area contributed by atoms with E-state index in [1.807, 2.05) is 6.92 Å². The fraction of sp³-hybridized carbons (Fsp3) is 0.429. The van der Waals surface area contributed by atoms with E-state index in [1.165, 1.54) is 27.4 Å². The number of Topliss-reactive ketones (excluding diaryl/α,β-unsaturated/α-hetero) is 1. The zero-order chi connectivity index (χ0) is 21.0. The van der Waals surface area contributed by atoms with E-state index in [0.29, 0.717) is 48.3 Å². The molecule has 1 amide bonds. The maximum atomic E-state index is 12.7. The maximum Gasteiger partial charge on any atom is 0.289 e. The Morgan fingerprint density at radius 2 is 1.97 bits per heavy atom. The first-order valence-corrected chi connectivity index (χ1v) is 9.30. The summed E-state index contributed by atoms with van der Waals surface area (Å²) in [4.78, 5) is 26.4. The molecule has 8 nitrogen and oxygen atoms in total. The minimum absolute atomic E-state index is 0.144. The third kappa shape index (κ3) is 4.37. The highest BCUT2D eigenvalue weighted by Gasteiger charge is 2.29. The molecule has 8 heteroatoms. The van der Waals surface area contributed by atoms with Crippen LogP contribution in [0.2, 0.25) is 0 Å². The molecule has 0 N–H and O–H groups in total. The first-order valence-electron chi connectivity index (χ1n) is 9.30. The maximum absolute atomic E-state index is 12.7. The lowest BCUT2D eigenvalue weighted by Gasteiger charge is -2.32. The van der Waals surface area contributed by atoms with Crippen LogP contribution in [0.3, 0.4) is 0 Å². The molecule has 2 aromatic rings. The van der Waals surface area contributed by atoms with Crippen molar-refractivity contribution < 1.29 is 33.0 Å². The molecule has 156 valence electrons. The molecule has 1 aliphatic heterocycles. The monoisotopic (exact) mass is 403 g/mol. The Hall–Kier alpha value is -3.00. The summed E-state index contributed by atoms with van der Waals surface area (Å²) in [6.07, 6.45) is 1.14. The summed E-state index contributed by atoms with van der Waals surface area (Å²) in [5.74, 6) is 1.10. The highest BCUT2D eigenvalue weighted by Crippen LogP contribution is 2.40. The van der Waals surface area contributed by atoms with Gasteiger partial charge in [0.25, 0.3) is 5.91 Å². The summed E-state index contributed by atoms with van der Waals surface area (Å²) >= 11 is 0. The Labute approximate surface area is 169 Å². The van der Waals surface area contributed by atoms with Crippen molar-refractivity contribution in [3.05, 3.63) is 41.3 Å². The van der Waals surface area contributed by atoms with Gasteiger partial charge < -0.3 is 28.3 Å². The normalized spacial score (nSPS) is 16.4. The molecule has 0 aliphatic carbocycles. The molecule has 1 aromatic heterocycles. The second-order valence-corrected chi connectivity index (χ2v) is 6.72. The van der Waals surface area contributed by atoms with E-state index in [1.54, 1.807) is 23.1 Å². The summed E-state index contributed by atoms with van der Waals surface area (Å²) in [6.45, 7) is 4.63. The average molecular weight is 403 g/mol. The van der Waals surface area contributed by atoms with Crippen LogP contribution in [0, 0.1) is 6.92 Å². The van der Waals surface area contributed by atoms with Crippen LogP contribution in [0.4, 0.5) is 0 Å². The van der Waals surface area contributed by atoms with E-state index in [9.17, 15) is 9.59 Å². The zero-order valence-electron chi connectivity index (χ0n) is 17.0. The number of nitrogens with zero attached hydrogens (tertiary/aromatic N) is 1. The lowest BCUT2D eigenvalue weighted by Crippen LogP contribution is -2.47. The van der Waals surface area contributed by atoms with Crippen LogP contribution in [0.1, 0.15) is 33.4 Å². The number of aryl methyl sites for hydroxylation is 1. The summed E-state index contributed by atoms with van der Waals surface area (Å²) < 4.78 is 27.7. The molecule has 1 fully saturated rings. The SMILES string of the molecule is COc1ccc(C(C)=O)c(OCC2CN(C(=O)c3occc3C)CCO2)c1OC. The molecule has 0 bridgehead atoms. The minimum atomic E-state index is -0.362. The van der Waals surface area contributed by atoms with Crippen molar-refractivity contribution in [2.24, 2.45) is 0 Å². The molecule has 1 aliphatic rings. The number of ketones is 1. The van der Waals surface area contributed by atoms with Gasteiger partial charge in [-0.1, -0.05) is 0 Å². The van der Waals surface area contributed by atoms with Crippen molar-refractivity contribution in [2.45, 2.75) is 20.0 Å². The van der Waals surface area contributed by atoms with Gasteiger partial charge in [-0.25, -0.2) is 0 Å². The van der Waals surface area contributed by atoms with Gasteiger partial charge in [0.2, 0.25) is 5.75 Å². The third-order valence-electron chi connectivity index (χ3n) is 4.78. The first-order chi connectivity index (χ1) is 14.0. The van der Waals surface area contributed by atoms with Crippen LogP contribution < -0.4 is 14.2 Å². The third-order valence-corrected chi connectivity index (χ3v) is 4.78. The lowest BCUT2D eigenvalue weighted by atomic mass is 10.1. The number of hydrogen-bond acceptors (Lipinski definition) is 7. The number of carbonyl (C=O) groups excluding carboxylic acids is 2. The topological polar surface area (TPSA) is 87.4 Å². The summed E-state index contributed by atoms with van der Waals surface area (Å²) in [5, 5.41) is 0. The van der Waals surface area contributed by atoms with Gasteiger partial charge in [0.05, 0.1) is 39.2 Å². The van der Waals surface area contributed by atoms with Gasteiger partial charge in [-0.05, 0) is 32.0 Å². The van der Waals surface area contributed by atoms with E-state index in [4.69, 9.17) is 23.4 Å². The Morgan fingerprint density at radius 3 is 2.59 bits per heavy atom. The molecule has 1 atom stereocenters. The van der Waals surface area contributed by atoms with Crippen molar-refractivity contribution in [3.63, 3.8) is 0 Å². The smallest absolute Gasteiger partial charge is 0.289 e. The quantitative estimate of drug-likeness (QED) is 0.657. The lowest BCUT2D eigenvalue weighted by molar-refractivity contribution is -0.0412. The van der Waals surface area contributed by atoms with Gasteiger partial charge in [0, 0.05) is 12.1 Å². The van der Waals surface area contributed by atoms with Gasteiger partial charge >= 0.3 is 0 Å². The fourth-order valence-electron chi connectivity index (χ4n) is 3.24. The minimum Gasteiger partial charge on any atom is -0.493 e. The second-order valence-electron chi connectivity index (χ2n) is 6.72. The van der Waals surface area contributed by atoms with E-state index in [-0.39, 0.29) is 24.4 Å². The Bertz CT molecular complexity index is 889. The van der Waals surface area contributed by atoms with Crippen molar-refractivity contribution in [3.8, 4) is 17.2 Å². The number of morpholine rings is 1. The van der Waals surface area contributed by atoms with Crippen molar-refractivity contribution >= 4 is 11.7 Å². The summed E-state index contributed by atoms with van der Waals surface area (Å²) in [6, 6.07) is 5.05. The molecule has 0 radical (unpaired) electrons. The number of amides is 1. The number of furan rings is 1. The van der Waals surface area contributed by atoms with E-state index in [2.05, 4.69) is 0 Å². The van der Waals surface area contributed by atoms with Gasteiger partial charge in [-0.3, -0.25) is 9.59 Å². The molecule has 1 unspecified atom stereocenters. The van der Waals surface area contributed by atoms with Gasteiger partial charge in [0.1, 0.15) is 12.7 Å². The number of methoxy groups -OCH3 is 2. The molecule has 3 rings (SSSR count). The fourth-order valence-corrected chi connectivity index (χ4v) is 3.24.